The van der Waals surface area contributed by atoms with E-state index in [1.165, 1.54) is 38.9 Å². The van der Waals surface area contributed by atoms with Crippen LogP contribution in [0.4, 0.5) is 0 Å². The van der Waals surface area contributed by atoms with Crippen LogP contribution >= 0.6 is 0 Å². The highest BCUT2D eigenvalue weighted by molar-refractivity contribution is 6.15. The molecule has 3 heteroatoms. The van der Waals surface area contributed by atoms with Crippen LogP contribution in [0.25, 0.3) is 55.3 Å². The Balaban J connectivity index is 1.06. The molecule has 7 aromatic carbocycles. The molecule has 0 bridgehead atoms. The number of furan rings is 1. The molecule has 2 heterocycles. The molecule has 52 heavy (non-hydrogen) atoms. The van der Waals surface area contributed by atoms with E-state index in [-0.39, 0.29) is 12.0 Å². The predicted octanol–water partition coefficient (Wildman–Crippen LogP) is 13.0. The number of rotatable bonds is 7. The van der Waals surface area contributed by atoms with Crippen LogP contribution < -0.4 is 0 Å². The first-order valence-corrected chi connectivity index (χ1v) is 18.2. The molecule has 0 fully saturated rings. The van der Waals surface area contributed by atoms with Crippen LogP contribution in [0.5, 0.6) is 0 Å². The Morgan fingerprint density at radius 2 is 1.02 bits per heavy atom. The van der Waals surface area contributed by atoms with Gasteiger partial charge in [-0.1, -0.05) is 159 Å². The average molecular weight is 671 g/mol. The maximum absolute atomic E-state index is 6.29. The van der Waals surface area contributed by atoms with E-state index >= 15 is 0 Å². The van der Waals surface area contributed by atoms with Crippen molar-refractivity contribution in [1.29, 1.82) is 0 Å². The fraction of sp³-hybridized carbons (Fsp3) is 0.102. The Hall–Kier alpha value is -6.32. The molecule has 8 aromatic rings. The lowest BCUT2D eigenvalue weighted by atomic mass is 9.86. The largest absolute Gasteiger partial charge is 0.456 e. The van der Waals surface area contributed by atoms with Gasteiger partial charge in [-0.05, 0) is 81.6 Å². The number of benzene rings is 7. The zero-order valence-corrected chi connectivity index (χ0v) is 29.1. The Bertz CT molecular complexity index is 2560. The molecule has 2 unspecified atom stereocenters. The fourth-order valence-electron chi connectivity index (χ4n) is 7.56. The summed E-state index contributed by atoms with van der Waals surface area (Å²) in [4.78, 5) is 10.8. The molecule has 1 aliphatic heterocycles. The number of fused-ring (bicyclic) bond motifs is 3. The number of para-hydroxylation sites is 1. The molecule has 9 rings (SSSR count). The second kappa shape index (κ2) is 13.8. The number of nitrogens with zero attached hydrogens (tertiary/aromatic N) is 2. The zero-order valence-electron chi connectivity index (χ0n) is 29.1. The van der Waals surface area contributed by atoms with Crippen LogP contribution in [0.15, 0.2) is 190 Å². The van der Waals surface area contributed by atoms with Crippen molar-refractivity contribution in [2.45, 2.75) is 25.8 Å². The predicted molar refractivity (Wildman–Crippen MR) is 217 cm³/mol. The maximum atomic E-state index is 6.29. The molecule has 0 aliphatic carbocycles. The number of hydrogen-bond acceptors (Lipinski definition) is 3. The third-order valence-electron chi connectivity index (χ3n) is 10.4. The van der Waals surface area contributed by atoms with E-state index in [0.29, 0.717) is 0 Å². The number of hydrogen-bond donors (Lipinski definition) is 0. The third kappa shape index (κ3) is 6.16. The van der Waals surface area contributed by atoms with Crippen LogP contribution in [-0.2, 0) is 0 Å². The van der Waals surface area contributed by atoms with Crippen molar-refractivity contribution >= 4 is 33.5 Å². The minimum atomic E-state index is -0.00228. The van der Waals surface area contributed by atoms with Crippen LogP contribution in [-0.4, -0.2) is 11.5 Å². The topological polar surface area (TPSA) is 37.9 Å². The van der Waals surface area contributed by atoms with Gasteiger partial charge >= 0.3 is 0 Å². The first-order chi connectivity index (χ1) is 25.7. The van der Waals surface area contributed by atoms with E-state index in [1.54, 1.807) is 0 Å². The van der Waals surface area contributed by atoms with Crippen molar-refractivity contribution in [3.05, 3.63) is 193 Å². The van der Waals surface area contributed by atoms with E-state index < -0.39 is 0 Å². The van der Waals surface area contributed by atoms with Crippen molar-refractivity contribution in [1.82, 2.24) is 0 Å². The molecule has 1 aliphatic rings. The molecule has 0 saturated heterocycles. The van der Waals surface area contributed by atoms with Crippen molar-refractivity contribution in [2.75, 3.05) is 0 Å². The number of aliphatic imine (C=N–C) groups is 2. The average Bonchev–Trinajstić information content (AvgIpc) is 3.48. The lowest BCUT2D eigenvalue weighted by Crippen LogP contribution is -2.17. The summed E-state index contributed by atoms with van der Waals surface area (Å²) >= 11 is 0. The molecule has 0 radical (unpaired) electrons. The highest BCUT2D eigenvalue weighted by Crippen LogP contribution is 2.36. The van der Waals surface area contributed by atoms with Crippen molar-refractivity contribution in [3.8, 4) is 33.4 Å². The Labute approximate surface area is 304 Å². The molecule has 0 saturated carbocycles. The quantitative estimate of drug-likeness (QED) is 0.166. The van der Waals surface area contributed by atoms with Gasteiger partial charge in [0.1, 0.15) is 11.2 Å². The third-order valence-corrected chi connectivity index (χ3v) is 10.4. The second-order valence-corrected chi connectivity index (χ2v) is 13.6. The van der Waals surface area contributed by atoms with E-state index in [2.05, 4.69) is 171 Å². The normalized spacial score (nSPS) is 16.0. The summed E-state index contributed by atoms with van der Waals surface area (Å²) in [5, 5.41) is 2.23. The molecule has 250 valence electrons. The van der Waals surface area contributed by atoms with Crippen molar-refractivity contribution in [2.24, 2.45) is 15.9 Å². The smallest absolute Gasteiger partial charge is 0.155 e. The summed E-state index contributed by atoms with van der Waals surface area (Å²) in [5.74, 6) is 0.992. The second-order valence-electron chi connectivity index (χ2n) is 13.6. The SMILES string of the molecule is CCC1CC(c2ccccc2)N=C(c2ccc3c(c2)oc2ccccc23)N=C1c1ccc(-c2cccc(-c3ccc(-c4ccccc4)cc3)c2)cc1. The molecule has 0 spiro atoms. The summed E-state index contributed by atoms with van der Waals surface area (Å²) in [6.07, 6.45) is 1.86. The Kier molecular flexibility index (Phi) is 8.38. The van der Waals surface area contributed by atoms with Gasteiger partial charge in [-0.15, -0.1) is 0 Å². The van der Waals surface area contributed by atoms with Gasteiger partial charge in [-0.2, -0.15) is 0 Å². The van der Waals surface area contributed by atoms with Crippen LogP contribution in [0.1, 0.15) is 42.5 Å². The van der Waals surface area contributed by atoms with Crippen LogP contribution in [0, 0.1) is 5.92 Å². The fourth-order valence-corrected chi connectivity index (χ4v) is 7.56. The minimum Gasteiger partial charge on any atom is -0.456 e. The lowest BCUT2D eigenvalue weighted by molar-refractivity contribution is 0.535. The molecule has 3 nitrogen and oxygen atoms in total. The van der Waals surface area contributed by atoms with E-state index in [0.717, 1.165) is 57.5 Å². The van der Waals surface area contributed by atoms with Crippen molar-refractivity contribution in [3.63, 3.8) is 0 Å². The summed E-state index contributed by atoms with van der Waals surface area (Å²) in [6.45, 7) is 2.26. The molecule has 0 amide bonds. The first-order valence-electron chi connectivity index (χ1n) is 18.2. The van der Waals surface area contributed by atoms with E-state index in [9.17, 15) is 0 Å². The van der Waals surface area contributed by atoms with Gasteiger partial charge in [0.2, 0.25) is 0 Å². The van der Waals surface area contributed by atoms with Gasteiger partial charge in [-0.25, -0.2) is 4.99 Å². The standard InChI is InChI=1S/C49H38N2O/c1-2-33-31-45(38-14-7-4-8-15-38)50-49(42-28-29-44-43-18-9-10-19-46(43)52-47(44)32-42)51-48(33)39-26-24-37(25-27-39)41-17-11-16-40(30-41)36-22-20-35(21-23-36)34-12-5-3-6-13-34/h3-30,32-33,45H,2,31H2,1H3. The van der Waals surface area contributed by atoms with E-state index in [4.69, 9.17) is 14.4 Å². The van der Waals surface area contributed by atoms with Crippen LogP contribution in [0.3, 0.4) is 0 Å². The Morgan fingerprint density at radius 3 is 1.71 bits per heavy atom. The summed E-state index contributed by atoms with van der Waals surface area (Å²) in [5.41, 5.74) is 13.4. The summed E-state index contributed by atoms with van der Waals surface area (Å²) < 4.78 is 6.29. The van der Waals surface area contributed by atoms with Gasteiger partial charge in [0.15, 0.2) is 5.84 Å². The lowest BCUT2D eigenvalue weighted by Gasteiger charge is -2.20. The zero-order chi connectivity index (χ0) is 34.9. The molecular formula is C49H38N2O. The van der Waals surface area contributed by atoms with E-state index in [1.807, 2.05) is 12.1 Å². The van der Waals surface area contributed by atoms with Crippen molar-refractivity contribution < 1.29 is 4.42 Å². The first kappa shape index (κ1) is 31.6. The molecule has 0 N–H and O–H groups in total. The van der Waals surface area contributed by atoms with Crippen LogP contribution in [0.2, 0.25) is 0 Å². The van der Waals surface area contributed by atoms with Gasteiger partial charge in [0.05, 0.1) is 11.8 Å². The maximum Gasteiger partial charge on any atom is 0.155 e. The molecule has 1 aromatic heterocycles. The van der Waals surface area contributed by atoms with Gasteiger partial charge in [-0.3, -0.25) is 4.99 Å². The highest BCUT2D eigenvalue weighted by atomic mass is 16.3. The molecular weight excluding hydrogens is 633 g/mol. The summed E-state index contributed by atoms with van der Waals surface area (Å²) in [7, 11) is 0. The minimum absolute atomic E-state index is 0.00228. The Morgan fingerprint density at radius 1 is 0.481 bits per heavy atom. The number of amidine groups is 1. The molecule has 2 atom stereocenters. The van der Waals surface area contributed by atoms with Gasteiger partial charge in [0.25, 0.3) is 0 Å². The van der Waals surface area contributed by atoms with Gasteiger partial charge in [0, 0.05) is 22.3 Å². The highest BCUT2D eigenvalue weighted by Gasteiger charge is 2.27. The monoisotopic (exact) mass is 670 g/mol. The summed E-state index contributed by atoms with van der Waals surface area (Å²) in [6, 6.07) is 62.4. The van der Waals surface area contributed by atoms with Gasteiger partial charge < -0.3 is 4.42 Å².